The first-order valence-electron chi connectivity index (χ1n) is 2.90. The number of rotatable bonds is 3. The minimum atomic E-state index is -0.502. The van der Waals surface area contributed by atoms with Gasteiger partial charge in [-0.25, -0.2) is 4.79 Å². The van der Waals surface area contributed by atoms with Gasteiger partial charge in [-0.3, -0.25) is 4.79 Å². The number of esters is 1. The highest BCUT2D eigenvalue weighted by atomic mass is 16.5. The van der Waals surface area contributed by atoms with E-state index in [0.717, 1.165) is 0 Å². The molecule has 0 amide bonds. The molecule has 0 spiro atoms. The predicted molar refractivity (Wildman–Crippen MR) is 34.2 cm³/mol. The van der Waals surface area contributed by atoms with E-state index in [1.165, 1.54) is 6.08 Å². The molecule has 0 aromatic heterocycles. The molecule has 56 valence electrons. The van der Waals surface area contributed by atoms with Crippen molar-refractivity contribution >= 4 is 12.0 Å². The largest absolute Gasteiger partial charge is 0.462 e. The molecule has 0 aromatic carbocycles. The second kappa shape index (κ2) is 4.70. The average molecular weight is 143 g/mol. The quantitative estimate of drug-likeness (QED) is 0.324. The zero-order chi connectivity index (χ0) is 7.98. The molecule has 0 aliphatic rings. The molecule has 10 heavy (non-hydrogen) atoms. The zero-order valence-electron chi connectivity index (χ0n) is 5.96. The minimum Gasteiger partial charge on any atom is -0.462 e. The molecule has 0 N–H and O–H groups in total. The monoisotopic (exact) mass is 143 g/mol. The van der Waals surface area contributed by atoms with Crippen molar-refractivity contribution in [2.75, 3.05) is 6.54 Å². The van der Waals surface area contributed by atoms with E-state index in [4.69, 9.17) is 0 Å². The Morgan fingerprint density at radius 2 is 2.30 bits per heavy atom. The highest BCUT2D eigenvalue weighted by Gasteiger charge is 2.02. The first kappa shape index (κ1) is 8.85. The number of hydrogen-bond acceptors (Lipinski definition) is 4. The summed E-state index contributed by atoms with van der Waals surface area (Å²) < 4.78 is 4.64. The summed E-state index contributed by atoms with van der Waals surface area (Å²) in [4.78, 5) is 23.1. The standard InChI is InChI=1S/C6H9NO3/c1-5(2)10-6(9)3-7-4-8/h5H,3H2,1-2H3. The fourth-order valence-electron chi connectivity index (χ4n) is 0.397. The van der Waals surface area contributed by atoms with Gasteiger partial charge in [0.15, 0.2) is 0 Å². The van der Waals surface area contributed by atoms with Crippen LogP contribution in [0.5, 0.6) is 0 Å². The van der Waals surface area contributed by atoms with Gasteiger partial charge in [-0.1, -0.05) is 0 Å². The Kier molecular flexibility index (Phi) is 4.16. The number of carbonyl (C=O) groups is 1. The van der Waals surface area contributed by atoms with E-state index in [-0.39, 0.29) is 12.6 Å². The molecule has 0 atom stereocenters. The molecule has 4 nitrogen and oxygen atoms in total. The lowest BCUT2D eigenvalue weighted by atomic mass is 10.5. The average Bonchev–Trinajstić information content (AvgIpc) is 1.82. The van der Waals surface area contributed by atoms with Crippen molar-refractivity contribution in [1.29, 1.82) is 0 Å². The Morgan fingerprint density at radius 3 is 2.70 bits per heavy atom. The van der Waals surface area contributed by atoms with Gasteiger partial charge in [0.05, 0.1) is 6.10 Å². The summed E-state index contributed by atoms with van der Waals surface area (Å²) in [6.07, 6.45) is 1.09. The molecule has 0 bridgehead atoms. The number of ether oxygens (including phenoxy) is 1. The molecule has 0 aliphatic carbocycles. The van der Waals surface area contributed by atoms with Crippen LogP contribution in [0.15, 0.2) is 4.99 Å². The summed E-state index contributed by atoms with van der Waals surface area (Å²) in [6, 6.07) is 0. The normalized spacial score (nSPS) is 8.70. The summed E-state index contributed by atoms with van der Waals surface area (Å²) in [6.45, 7) is 3.22. The third-order valence-electron chi connectivity index (χ3n) is 0.640. The van der Waals surface area contributed by atoms with Gasteiger partial charge in [0, 0.05) is 0 Å². The van der Waals surface area contributed by atoms with Crippen LogP contribution in [0.25, 0.3) is 0 Å². The van der Waals surface area contributed by atoms with E-state index in [1.54, 1.807) is 13.8 Å². The molecule has 4 heteroatoms. The molecular weight excluding hydrogens is 134 g/mol. The lowest BCUT2D eigenvalue weighted by molar-refractivity contribution is -0.145. The van der Waals surface area contributed by atoms with E-state index >= 15 is 0 Å². The second-order valence-corrected chi connectivity index (χ2v) is 1.95. The number of aliphatic imine (C=N–C) groups is 1. The van der Waals surface area contributed by atoms with Crippen LogP contribution in [-0.4, -0.2) is 24.7 Å². The summed E-state index contributed by atoms with van der Waals surface area (Å²) in [5, 5.41) is 0. The van der Waals surface area contributed by atoms with E-state index in [0.29, 0.717) is 0 Å². The van der Waals surface area contributed by atoms with E-state index in [1.807, 2.05) is 0 Å². The Morgan fingerprint density at radius 1 is 1.70 bits per heavy atom. The molecule has 0 rings (SSSR count). The number of isocyanates is 1. The number of nitrogens with zero attached hydrogens (tertiary/aromatic N) is 1. The highest BCUT2D eigenvalue weighted by molar-refractivity contribution is 5.72. The third-order valence-corrected chi connectivity index (χ3v) is 0.640. The van der Waals surface area contributed by atoms with Crippen molar-refractivity contribution in [3.63, 3.8) is 0 Å². The van der Waals surface area contributed by atoms with Crippen LogP contribution in [0.4, 0.5) is 0 Å². The van der Waals surface area contributed by atoms with Gasteiger partial charge in [-0.2, -0.15) is 4.99 Å². The van der Waals surface area contributed by atoms with E-state index in [2.05, 4.69) is 9.73 Å². The lowest BCUT2D eigenvalue weighted by Gasteiger charge is -2.03. The van der Waals surface area contributed by atoms with Gasteiger partial charge >= 0.3 is 5.97 Å². The van der Waals surface area contributed by atoms with Crippen LogP contribution < -0.4 is 0 Å². The summed E-state index contributed by atoms with van der Waals surface area (Å²) in [5.74, 6) is -0.502. The summed E-state index contributed by atoms with van der Waals surface area (Å²) >= 11 is 0. The van der Waals surface area contributed by atoms with Crippen LogP contribution in [-0.2, 0) is 14.3 Å². The third kappa shape index (κ3) is 5.00. The van der Waals surface area contributed by atoms with Crippen LogP contribution in [0.1, 0.15) is 13.8 Å². The molecule has 0 saturated heterocycles. The van der Waals surface area contributed by atoms with Gasteiger partial charge in [0.2, 0.25) is 6.08 Å². The maximum atomic E-state index is 10.5. The number of hydrogen-bond donors (Lipinski definition) is 0. The van der Waals surface area contributed by atoms with E-state index < -0.39 is 5.97 Å². The van der Waals surface area contributed by atoms with Gasteiger partial charge in [-0.15, -0.1) is 0 Å². The van der Waals surface area contributed by atoms with Crippen molar-refractivity contribution in [3.05, 3.63) is 0 Å². The molecule has 0 radical (unpaired) electrons. The summed E-state index contributed by atoms with van der Waals surface area (Å²) in [5.41, 5.74) is 0. The molecule has 0 aliphatic heterocycles. The molecule has 0 saturated carbocycles. The van der Waals surface area contributed by atoms with E-state index in [9.17, 15) is 9.59 Å². The Bertz CT molecular complexity index is 158. The molecular formula is C6H9NO3. The van der Waals surface area contributed by atoms with Crippen molar-refractivity contribution in [2.24, 2.45) is 4.99 Å². The van der Waals surface area contributed by atoms with Gasteiger partial charge in [-0.05, 0) is 13.8 Å². The maximum Gasteiger partial charge on any atom is 0.328 e. The Labute approximate surface area is 58.9 Å². The van der Waals surface area contributed by atoms with Crippen LogP contribution in [0.2, 0.25) is 0 Å². The predicted octanol–water partition coefficient (Wildman–Crippen LogP) is 0.274. The number of carbonyl (C=O) groups excluding carboxylic acids is 2. The molecule has 0 aromatic rings. The Balaban J connectivity index is 3.54. The molecule has 0 unspecified atom stereocenters. The lowest BCUT2D eigenvalue weighted by Crippen LogP contribution is -2.13. The zero-order valence-corrected chi connectivity index (χ0v) is 5.96. The molecule has 0 heterocycles. The smallest absolute Gasteiger partial charge is 0.328 e. The van der Waals surface area contributed by atoms with Gasteiger partial charge in [0.25, 0.3) is 0 Å². The van der Waals surface area contributed by atoms with Crippen LogP contribution >= 0.6 is 0 Å². The first-order chi connectivity index (χ1) is 4.66. The Hall–Kier alpha value is -1.15. The van der Waals surface area contributed by atoms with Crippen molar-refractivity contribution in [1.82, 2.24) is 0 Å². The van der Waals surface area contributed by atoms with Crippen molar-refractivity contribution in [2.45, 2.75) is 20.0 Å². The SMILES string of the molecule is CC(C)OC(=O)CN=C=O. The highest BCUT2D eigenvalue weighted by Crippen LogP contribution is 1.88. The second-order valence-electron chi connectivity index (χ2n) is 1.95. The maximum absolute atomic E-state index is 10.5. The van der Waals surface area contributed by atoms with Crippen molar-refractivity contribution < 1.29 is 14.3 Å². The van der Waals surface area contributed by atoms with Crippen LogP contribution in [0.3, 0.4) is 0 Å². The fourth-order valence-corrected chi connectivity index (χ4v) is 0.397. The minimum absolute atomic E-state index is 0.158. The van der Waals surface area contributed by atoms with Gasteiger partial charge in [0.1, 0.15) is 6.54 Å². The first-order valence-corrected chi connectivity index (χ1v) is 2.90. The fraction of sp³-hybridized carbons (Fsp3) is 0.667. The van der Waals surface area contributed by atoms with Crippen molar-refractivity contribution in [3.8, 4) is 0 Å². The van der Waals surface area contributed by atoms with Gasteiger partial charge < -0.3 is 4.74 Å². The topological polar surface area (TPSA) is 55.7 Å². The molecule has 0 fully saturated rings. The summed E-state index contributed by atoms with van der Waals surface area (Å²) in [7, 11) is 0. The van der Waals surface area contributed by atoms with Crippen LogP contribution in [0, 0.1) is 0 Å².